The van der Waals surface area contributed by atoms with E-state index >= 15 is 0 Å². The Labute approximate surface area is 66.7 Å². The van der Waals surface area contributed by atoms with E-state index < -0.39 is 0 Å². The highest BCUT2D eigenvalue weighted by molar-refractivity contribution is 5.43. The van der Waals surface area contributed by atoms with Gasteiger partial charge in [0.25, 0.3) is 0 Å². The first-order valence-electron chi connectivity index (χ1n) is 4.45. The van der Waals surface area contributed by atoms with Crippen molar-refractivity contribution in [2.45, 2.75) is 25.7 Å². The molecule has 0 heterocycles. The third kappa shape index (κ3) is 0.368. The Hall–Kier alpha value is -0.770. The monoisotopic (exact) mass is 145 g/mol. The van der Waals surface area contributed by atoms with Gasteiger partial charge in [-0.1, -0.05) is 18.6 Å². The molecule has 2 fully saturated rings. The molecular formula is C10H11N. The summed E-state index contributed by atoms with van der Waals surface area (Å²) in [5.74, 6) is 0.741. The molecule has 1 nitrogen and oxygen atoms in total. The molecule has 3 rings (SSSR count). The Morgan fingerprint density at radius 2 is 2.45 bits per heavy atom. The fourth-order valence-corrected chi connectivity index (χ4v) is 3.60. The SMILES string of the molecule is N#CC12C=CCC13CCCC23. The maximum Gasteiger partial charge on any atom is 0.0849 e. The van der Waals surface area contributed by atoms with Gasteiger partial charge >= 0.3 is 0 Å². The lowest BCUT2D eigenvalue weighted by atomic mass is 9.92. The van der Waals surface area contributed by atoms with E-state index in [1.165, 1.54) is 25.7 Å². The number of fused-ring (bicyclic) bond motifs is 1. The largest absolute Gasteiger partial charge is 0.197 e. The molecule has 2 saturated carbocycles. The smallest absolute Gasteiger partial charge is 0.0849 e. The van der Waals surface area contributed by atoms with Crippen molar-refractivity contribution in [2.24, 2.45) is 16.7 Å². The predicted octanol–water partition coefficient (Wildman–Crippen LogP) is 2.26. The standard InChI is InChI=1S/C10H11N/c11-7-10-6-2-5-9(10)4-1-3-8(9)10/h2,6,8H,1,3-5H2. The Kier molecular flexibility index (Phi) is 0.735. The van der Waals surface area contributed by atoms with Crippen molar-refractivity contribution in [2.75, 3.05) is 0 Å². The molecule has 0 aliphatic heterocycles. The molecule has 0 aromatic rings. The molecule has 0 bridgehead atoms. The van der Waals surface area contributed by atoms with Gasteiger partial charge in [0.2, 0.25) is 0 Å². The zero-order chi connectivity index (χ0) is 7.53. The van der Waals surface area contributed by atoms with Gasteiger partial charge in [-0.3, -0.25) is 0 Å². The predicted molar refractivity (Wildman–Crippen MR) is 41.6 cm³/mol. The molecule has 3 aliphatic rings. The van der Waals surface area contributed by atoms with Crippen molar-refractivity contribution in [1.29, 1.82) is 5.26 Å². The molecule has 1 spiro atoms. The van der Waals surface area contributed by atoms with E-state index in [0.717, 1.165) is 5.92 Å². The van der Waals surface area contributed by atoms with Crippen LogP contribution >= 0.6 is 0 Å². The summed E-state index contributed by atoms with van der Waals surface area (Å²) < 4.78 is 0. The second kappa shape index (κ2) is 1.39. The third-order valence-corrected chi connectivity index (χ3v) is 4.12. The second-order valence-electron chi connectivity index (χ2n) is 4.19. The van der Waals surface area contributed by atoms with Crippen LogP contribution in [0.25, 0.3) is 0 Å². The van der Waals surface area contributed by atoms with Crippen LogP contribution in [-0.4, -0.2) is 0 Å². The lowest BCUT2D eigenvalue weighted by Gasteiger charge is -2.09. The van der Waals surface area contributed by atoms with Crippen LogP contribution in [0.4, 0.5) is 0 Å². The average Bonchev–Trinajstić information content (AvgIpc) is 2.49. The van der Waals surface area contributed by atoms with Gasteiger partial charge in [0.05, 0.1) is 11.5 Å². The van der Waals surface area contributed by atoms with Gasteiger partial charge in [0.15, 0.2) is 0 Å². The van der Waals surface area contributed by atoms with Crippen LogP contribution in [-0.2, 0) is 0 Å². The first-order chi connectivity index (χ1) is 5.36. The average molecular weight is 145 g/mol. The number of hydrogen-bond donors (Lipinski definition) is 0. The van der Waals surface area contributed by atoms with Crippen LogP contribution in [0.5, 0.6) is 0 Å². The Morgan fingerprint density at radius 3 is 3.09 bits per heavy atom. The van der Waals surface area contributed by atoms with E-state index in [1.54, 1.807) is 0 Å². The van der Waals surface area contributed by atoms with E-state index in [4.69, 9.17) is 5.26 Å². The number of nitriles is 1. The highest BCUT2D eigenvalue weighted by Crippen LogP contribution is 2.81. The number of nitrogens with zero attached hydrogens (tertiary/aromatic N) is 1. The van der Waals surface area contributed by atoms with Gasteiger partial charge in [-0.2, -0.15) is 5.26 Å². The summed E-state index contributed by atoms with van der Waals surface area (Å²) in [5.41, 5.74) is 0.465. The van der Waals surface area contributed by atoms with Crippen molar-refractivity contribution in [3.8, 4) is 6.07 Å². The molecule has 3 unspecified atom stereocenters. The quantitative estimate of drug-likeness (QED) is 0.479. The zero-order valence-corrected chi connectivity index (χ0v) is 6.51. The van der Waals surface area contributed by atoms with E-state index in [-0.39, 0.29) is 5.41 Å². The van der Waals surface area contributed by atoms with Gasteiger partial charge in [0, 0.05) is 5.41 Å². The van der Waals surface area contributed by atoms with Crippen LogP contribution in [0.1, 0.15) is 25.7 Å². The second-order valence-corrected chi connectivity index (χ2v) is 4.19. The van der Waals surface area contributed by atoms with Crippen molar-refractivity contribution in [3.63, 3.8) is 0 Å². The molecule has 0 amide bonds. The minimum absolute atomic E-state index is 0.0191. The first kappa shape index (κ1) is 5.83. The van der Waals surface area contributed by atoms with Crippen LogP contribution in [0.2, 0.25) is 0 Å². The van der Waals surface area contributed by atoms with Crippen LogP contribution in [0, 0.1) is 28.1 Å². The number of rotatable bonds is 0. The minimum atomic E-state index is 0.0191. The van der Waals surface area contributed by atoms with Gasteiger partial charge in [-0.15, -0.1) is 0 Å². The minimum Gasteiger partial charge on any atom is -0.197 e. The Morgan fingerprint density at radius 1 is 1.55 bits per heavy atom. The van der Waals surface area contributed by atoms with Crippen molar-refractivity contribution in [1.82, 2.24) is 0 Å². The van der Waals surface area contributed by atoms with Gasteiger partial charge in [-0.05, 0) is 25.2 Å². The molecule has 0 aromatic carbocycles. The maximum atomic E-state index is 9.07. The summed E-state index contributed by atoms with van der Waals surface area (Å²) in [7, 11) is 0. The van der Waals surface area contributed by atoms with Crippen LogP contribution in [0.3, 0.4) is 0 Å². The van der Waals surface area contributed by atoms with Crippen LogP contribution in [0.15, 0.2) is 12.2 Å². The van der Waals surface area contributed by atoms with Gasteiger partial charge < -0.3 is 0 Å². The van der Waals surface area contributed by atoms with E-state index in [0.29, 0.717) is 5.41 Å². The molecule has 3 atom stereocenters. The normalized spacial score (nSPS) is 56.8. The molecule has 0 N–H and O–H groups in total. The zero-order valence-electron chi connectivity index (χ0n) is 6.51. The first-order valence-corrected chi connectivity index (χ1v) is 4.45. The highest BCUT2D eigenvalue weighted by Gasteiger charge is 2.78. The van der Waals surface area contributed by atoms with E-state index in [9.17, 15) is 0 Å². The lowest BCUT2D eigenvalue weighted by molar-refractivity contribution is 0.449. The summed E-state index contributed by atoms with van der Waals surface area (Å²) in [6.07, 6.45) is 9.54. The Balaban J connectivity index is 2.11. The summed E-state index contributed by atoms with van der Waals surface area (Å²) in [6.45, 7) is 0. The molecule has 0 radical (unpaired) electrons. The summed E-state index contributed by atoms with van der Waals surface area (Å²) in [5, 5.41) is 9.07. The Bertz CT molecular complexity index is 286. The van der Waals surface area contributed by atoms with Crippen molar-refractivity contribution < 1.29 is 0 Å². The van der Waals surface area contributed by atoms with Crippen molar-refractivity contribution in [3.05, 3.63) is 12.2 Å². The maximum absolute atomic E-state index is 9.07. The molecular weight excluding hydrogens is 134 g/mol. The molecule has 1 heteroatoms. The molecule has 3 aliphatic carbocycles. The summed E-state index contributed by atoms with van der Waals surface area (Å²) >= 11 is 0. The lowest BCUT2D eigenvalue weighted by Crippen LogP contribution is -2.05. The van der Waals surface area contributed by atoms with Crippen LogP contribution < -0.4 is 0 Å². The highest BCUT2D eigenvalue weighted by atomic mass is 14.8. The van der Waals surface area contributed by atoms with E-state index in [1.807, 2.05) is 0 Å². The number of allylic oxidation sites excluding steroid dienone is 2. The van der Waals surface area contributed by atoms with Crippen molar-refractivity contribution >= 4 is 0 Å². The summed E-state index contributed by atoms with van der Waals surface area (Å²) in [4.78, 5) is 0. The molecule has 0 aromatic heterocycles. The topological polar surface area (TPSA) is 23.8 Å². The third-order valence-electron chi connectivity index (χ3n) is 4.12. The fourth-order valence-electron chi connectivity index (χ4n) is 3.60. The molecule has 56 valence electrons. The van der Waals surface area contributed by atoms with E-state index in [2.05, 4.69) is 18.2 Å². The molecule has 11 heavy (non-hydrogen) atoms. The summed E-state index contributed by atoms with van der Waals surface area (Å²) in [6, 6.07) is 2.52. The molecule has 0 saturated heterocycles. The van der Waals surface area contributed by atoms with Gasteiger partial charge in [0.1, 0.15) is 0 Å². The van der Waals surface area contributed by atoms with Gasteiger partial charge in [-0.25, -0.2) is 0 Å². The fraction of sp³-hybridized carbons (Fsp3) is 0.700. The number of hydrogen-bond acceptors (Lipinski definition) is 1.